The summed E-state index contributed by atoms with van der Waals surface area (Å²) in [5.74, 6) is -0.952. The van der Waals surface area contributed by atoms with Gasteiger partial charge in [0.2, 0.25) is 0 Å². The molecule has 0 N–H and O–H groups in total. The Morgan fingerprint density at radius 1 is 1.25 bits per heavy atom. The highest BCUT2D eigenvalue weighted by molar-refractivity contribution is 14.1. The SMILES string of the molecule is Cc1ccc(C(C#N)C(=O)c2cc(I)ccc2Br)cc1. The summed E-state index contributed by atoms with van der Waals surface area (Å²) in [6, 6.07) is 15.1. The van der Waals surface area contributed by atoms with Crippen LogP contribution in [0.4, 0.5) is 0 Å². The third-order valence-corrected chi connectivity index (χ3v) is 4.36. The van der Waals surface area contributed by atoms with Crippen molar-refractivity contribution in [2.75, 3.05) is 0 Å². The highest BCUT2D eigenvalue weighted by atomic mass is 127. The fraction of sp³-hybridized carbons (Fsp3) is 0.125. The summed E-state index contributed by atoms with van der Waals surface area (Å²) < 4.78 is 1.69. The van der Waals surface area contributed by atoms with E-state index in [2.05, 4.69) is 44.6 Å². The molecule has 0 heterocycles. The molecule has 0 aliphatic heterocycles. The molecular weight excluding hydrogens is 429 g/mol. The molecule has 0 radical (unpaired) electrons. The fourth-order valence-electron chi connectivity index (χ4n) is 1.89. The molecule has 0 amide bonds. The summed E-state index contributed by atoms with van der Waals surface area (Å²) in [7, 11) is 0. The molecule has 0 saturated heterocycles. The maximum atomic E-state index is 12.6. The van der Waals surface area contributed by atoms with Crippen molar-refractivity contribution >= 4 is 44.3 Å². The maximum Gasteiger partial charge on any atom is 0.185 e. The number of benzene rings is 2. The third-order valence-electron chi connectivity index (χ3n) is 3.00. The Labute approximate surface area is 140 Å². The summed E-state index contributed by atoms with van der Waals surface area (Å²) >= 11 is 5.53. The number of hydrogen-bond donors (Lipinski definition) is 0. The van der Waals surface area contributed by atoms with E-state index in [0.29, 0.717) is 5.56 Å². The lowest BCUT2D eigenvalue weighted by atomic mass is 9.91. The Morgan fingerprint density at radius 3 is 2.50 bits per heavy atom. The lowest BCUT2D eigenvalue weighted by molar-refractivity contribution is 0.0978. The van der Waals surface area contributed by atoms with Crippen LogP contribution in [0.25, 0.3) is 0 Å². The highest BCUT2D eigenvalue weighted by Gasteiger charge is 2.23. The van der Waals surface area contributed by atoms with Crippen LogP contribution in [0.15, 0.2) is 46.9 Å². The normalized spacial score (nSPS) is 11.7. The molecule has 0 saturated carbocycles. The van der Waals surface area contributed by atoms with E-state index in [-0.39, 0.29) is 5.78 Å². The molecule has 2 rings (SSSR count). The van der Waals surface area contributed by atoms with E-state index >= 15 is 0 Å². The number of hydrogen-bond acceptors (Lipinski definition) is 2. The van der Waals surface area contributed by atoms with Crippen molar-refractivity contribution in [2.45, 2.75) is 12.8 Å². The number of carbonyl (C=O) groups is 1. The summed E-state index contributed by atoms with van der Waals surface area (Å²) in [6.07, 6.45) is 0. The molecule has 4 heteroatoms. The van der Waals surface area contributed by atoms with Crippen molar-refractivity contribution in [3.8, 4) is 6.07 Å². The van der Waals surface area contributed by atoms with Crippen LogP contribution in [0.3, 0.4) is 0 Å². The van der Waals surface area contributed by atoms with E-state index in [1.165, 1.54) is 0 Å². The third kappa shape index (κ3) is 3.28. The summed E-state index contributed by atoms with van der Waals surface area (Å²) in [6.45, 7) is 1.98. The second-order valence-corrected chi connectivity index (χ2v) is 6.56. The van der Waals surface area contributed by atoms with Gasteiger partial charge in [-0.05, 0) is 53.3 Å². The van der Waals surface area contributed by atoms with E-state index in [1.807, 2.05) is 43.3 Å². The molecule has 0 bridgehead atoms. The fourth-order valence-corrected chi connectivity index (χ4v) is 2.82. The van der Waals surface area contributed by atoms with E-state index in [4.69, 9.17) is 0 Å². The number of aryl methyl sites for hydroxylation is 1. The van der Waals surface area contributed by atoms with Crippen LogP contribution >= 0.6 is 38.5 Å². The van der Waals surface area contributed by atoms with Gasteiger partial charge in [0.15, 0.2) is 5.78 Å². The summed E-state index contributed by atoms with van der Waals surface area (Å²) in [4.78, 5) is 12.6. The number of halogens is 2. The lowest BCUT2D eigenvalue weighted by Crippen LogP contribution is -2.12. The Hall–Kier alpha value is -1.19. The Kier molecular flexibility index (Phi) is 4.95. The van der Waals surface area contributed by atoms with Crippen molar-refractivity contribution in [3.63, 3.8) is 0 Å². The topological polar surface area (TPSA) is 40.9 Å². The maximum absolute atomic E-state index is 12.6. The van der Waals surface area contributed by atoms with Crippen molar-refractivity contribution < 1.29 is 4.79 Å². The first kappa shape index (κ1) is 15.2. The van der Waals surface area contributed by atoms with Crippen LogP contribution in [0.1, 0.15) is 27.4 Å². The van der Waals surface area contributed by atoms with Gasteiger partial charge in [-0.1, -0.05) is 45.8 Å². The van der Waals surface area contributed by atoms with E-state index in [0.717, 1.165) is 19.2 Å². The highest BCUT2D eigenvalue weighted by Crippen LogP contribution is 2.27. The minimum absolute atomic E-state index is 0.179. The molecule has 1 atom stereocenters. The zero-order valence-corrected chi connectivity index (χ0v) is 14.5. The average Bonchev–Trinajstić information content (AvgIpc) is 2.44. The number of nitrogens with zero attached hydrogens (tertiary/aromatic N) is 1. The van der Waals surface area contributed by atoms with E-state index in [9.17, 15) is 10.1 Å². The van der Waals surface area contributed by atoms with Gasteiger partial charge in [0.25, 0.3) is 0 Å². The Morgan fingerprint density at radius 2 is 1.90 bits per heavy atom. The molecule has 100 valence electrons. The second-order valence-electron chi connectivity index (χ2n) is 4.46. The predicted molar refractivity (Wildman–Crippen MR) is 90.7 cm³/mol. The van der Waals surface area contributed by atoms with Crippen molar-refractivity contribution in [2.24, 2.45) is 0 Å². The van der Waals surface area contributed by atoms with Crippen molar-refractivity contribution in [1.82, 2.24) is 0 Å². The number of rotatable bonds is 3. The summed E-state index contributed by atoms with van der Waals surface area (Å²) in [5, 5.41) is 9.35. The van der Waals surface area contributed by atoms with Gasteiger partial charge in [-0.25, -0.2) is 0 Å². The number of Topliss-reactive ketones (excluding diaryl/α,β-unsaturated/α-hetero) is 1. The largest absolute Gasteiger partial charge is 0.292 e. The minimum atomic E-state index is -0.773. The first-order valence-electron chi connectivity index (χ1n) is 5.98. The van der Waals surface area contributed by atoms with Crippen molar-refractivity contribution in [3.05, 3.63) is 67.2 Å². The minimum Gasteiger partial charge on any atom is -0.292 e. The van der Waals surface area contributed by atoms with Gasteiger partial charge in [-0.2, -0.15) is 5.26 Å². The number of nitriles is 1. The van der Waals surface area contributed by atoms with E-state index in [1.54, 1.807) is 6.07 Å². The number of carbonyl (C=O) groups excluding carboxylic acids is 1. The molecule has 1 unspecified atom stereocenters. The van der Waals surface area contributed by atoms with Crippen molar-refractivity contribution in [1.29, 1.82) is 5.26 Å². The monoisotopic (exact) mass is 439 g/mol. The standard InChI is InChI=1S/C16H11BrINO/c1-10-2-4-11(5-3-10)14(9-19)16(20)13-8-12(18)6-7-15(13)17/h2-8,14H,1H3. The van der Waals surface area contributed by atoms with Gasteiger partial charge in [-0.15, -0.1) is 0 Å². The van der Waals surface area contributed by atoms with Gasteiger partial charge >= 0.3 is 0 Å². The number of ketones is 1. The molecule has 0 spiro atoms. The van der Waals surface area contributed by atoms with Crippen LogP contribution < -0.4 is 0 Å². The molecule has 2 aromatic carbocycles. The van der Waals surface area contributed by atoms with Crippen LogP contribution in [0.5, 0.6) is 0 Å². The second kappa shape index (κ2) is 6.51. The molecule has 0 aliphatic rings. The van der Waals surface area contributed by atoms with Gasteiger partial charge < -0.3 is 0 Å². The van der Waals surface area contributed by atoms with Gasteiger partial charge in [0.05, 0.1) is 6.07 Å². The van der Waals surface area contributed by atoms with Gasteiger partial charge in [-0.3, -0.25) is 4.79 Å². The van der Waals surface area contributed by atoms with E-state index < -0.39 is 5.92 Å². The van der Waals surface area contributed by atoms with Crippen LogP contribution in [-0.2, 0) is 0 Å². The zero-order valence-electron chi connectivity index (χ0n) is 10.7. The molecule has 0 aromatic heterocycles. The zero-order chi connectivity index (χ0) is 14.7. The predicted octanol–water partition coefficient (Wildman–Crippen LogP) is 4.85. The molecule has 2 nitrogen and oxygen atoms in total. The van der Waals surface area contributed by atoms with Gasteiger partial charge in [0, 0.05) is 13.6 Å². The quantitative estimate of drug-likeness (QED) is 0.506. The molecule has 2 aromatic rings. The Bertz CT molecular complexity index is 689. The molecular formula is C16H11BrINO. The molecule has 0 fully saturated rings. The van der Waals surface area contributed by atoms with Crippen LogP contribution in [0.2, 0.25) is 0 Å². The smallest absolute Gasteiger partial charge is 0.185 e. The van der Waals surface area contributed by atoms with Gasteiger partial charge in [0.1, 0.15) is 5.92 Å². The van der Waals surface area contributed by atoms with Crippen LogP contribution in [-0.4, -0.2) is 5.78 Å². The lowest BCUT2D eigenvalue weighted by Gasteiger charge is -2.11. The average molecular weight is 440 g/mol. The molecule has 0 aliphatic carbocycles. The Balaban J connectivity index is 2.42. The first-order valence-corrected chi connectivity index (χ1v) is 7.85. The molecule has 20 heavy (non-hydrogen) atoms. The van der Waals surface area contributed by atoms with Crippen LogP contribution in [0, 0.1) is 21.8 Å². The first-order chi connectivity index (χ1) is 9.52. The summed E-state index contributed by atoms with van der Waals surface area (Å²) in [5.41, 5.74) is 2.38.